The van der Waals surface area contributed by atoms with Gasteiger partial charge in [-0.2, -0.15) is 0 Å². The molecular weight excluding hydrogens is 446 g/mol. The van der Waals surface area contributed by atoms with Crippen LogP contribution >= 0.6 is 23.8 Å². The molecule has 1 aromatic heterocycles. The Morgan fingerprint density at radius 3 is 2.62 bits per heavy atom. The molecule has 0 saturated carbocycles. The van der Waals surface area contributed by atoms with Crippen LogP contribution in [0.4, 0.5) is 5.69 Å². The summed E-state index contributed by atoms with van der Waals surface area (Å²) in [4.78, 5) is 17.0. The number of halogens is 1. The van der Waals surface area contributed by atoms with Crippen molar-refractivity contribution in [3.63, 3.8) is 0 Å². The Bertz CT molecular complexity index is 1300. The van der Waals surface area contributed by atoms with Crippen LogP contribution in [0, 0.1) is 6.92 Å². The van der Waals surface area contributed by atoms with Crippen molar-refractivity contribution in [2.75, 3.05) is 11.9 Å². The molecule has 8 heteroatoms. The lowest BCUT2D eigenvalue weighted by atomic mass is 10.2. The third-order valence-corrected chi connectivity index (χ3v) is 5.15. The van der Waals surface area contributed by atoms with Gasteiger partial charge in [0.25, 0.3) is 5.91 Å². The molecule has 6 nitrogen and oxygen atoms in total. The van der Waals surface area contributed by atoms with Crippen molar-refractivity contribution in [1.29, 1.82) is 0 Å². The minimum atomic E-state index is -0.370. The van der Waals surface area contributed by atoms with Crippen LogP contribution in [0.15, 0.2) is 65.1 Å². The molecule has 0 aliphatic rings. The number of rotatable bonds is 5. The van der Waals surface area contributed by atoms with Crippen molar-refractivity contribution in [3.8, 4) is 17.2 Å². The Balaban J connectivity index is 1.40. The van der Waals surface area contributed by atoms with Crippen molar-refractivity contribution in [1.82, 2.24) is 10.3 Å². The van der Waals surface area contributed by atoms with Crippen LogP contribution in [0.1, 0.15) is 22.8 Å². The maximum atomic E-state index is 12.5. The molecule has 3 aromatic carbocycles. The molecule has 0 aliphatic heterocycles. The van der Waals surface area contributed by atoms with E-state index in [1.807, 2.05) is 56.3 Å². The number of aromatic nitrogens is 1. The van der Waals surface area contributed by atoms with Crippen molar-refractivity contribution in [2.24, 2.45) is 0 Å². The number of aryl methyl sites for hydroxylation is 1. The molecule has 0 aliphatic carbocycles. The Morgan fingerprint density at radius 2 is 1.91 bits per heavy atom. The molecular formula is C24H20ClN3O3S. The van der Waals surface area contributed by atoms with Crippen molar-refractivity contribution in [2.45, 2.75) is 13.8 Å². The summed E-state index contributed by atoms with van der Waals surface area (Å²) in [6.45, 7) is 4.37. The van der Waals surface area contributed by atoms with E-state index in [2.05, 4.69) is 15.6 Å². The van der Waals surface area contributed by atoms with Crippen LogP contribution in [-0.2, 0) is 0 Å². The summed E-state index contributed by atoms with van der Waals surface area (Å²) >= 11 is 11.4. The van der Waals surface area contributed by atoms with E-state index in [4.69, 9.17) is 33.0 Å². The third kappa shape index (κ3) is 4.90. The van der Waals surface area contributed by atoms with E-state index in [1.54, 1.807) is 18.2 Å². The van der Waals surface area contributed by atoms with Crippen LogP contribution in [0.3, 0.4) is 0 Å². The summed E-state index contributed by atoms with van der Waals surface area (Å²) in [7, 11) is 0. The Hall–Kier alpha value is -3.42. The summed E-state index contributed by atoms with van der Waals surface area (Å²) in [6.07, 6.45) is 0. The lowest BCUT2D eigenvalue weighted by molar-refractivity contribution is 0.0977. The third-order valence-electron chi connectivity index (χ3n) is 4.65. The van der Waals surface area contributed by atoms with Crippen LogP contribution in [0.25, 0.3) is 22.6 Å². The van der Waals surface area contributed by atoms with Crippen molar-refractivity contribution < 1.29 is 13.9 Å². The summed E-state index contributed by atoms with van der Waals surface area (Å²) < 4.78 is 11.2. The SMILES string of the molecule is CCOc1ccc(C(=O)NC(=S)Nc2ccc(-c3nc4cc(C)ccc4o3)cc2)cc1Cl. The van der Waals surface area contributed by atoms with Gasteiger partial charge < -0.3 is 14.5 Å². The van der Waals surface area contributed by atoms with Crippen LogP contribution < -0.4 is 15.4 Å². The van der Waals surface area contributed by atoms with Gasteiger partial charge in [0.2, 0.25) is 5.89 Å². The number of nitrogens with one attached hydrogen (secondary N) is 2. The summed E-state index contributed by atoms with van der Waals surface area (Å²) in [6, 6.07) is 18.1. The highest BCUT2D eigenvalue weighted by Crippen LogP contribution is 2.27. The summed E-state index contributed by atoms with van der Waals surface area (Å²) in [5, 5.41) is 6.17. The summed E-state index contributed by atoms with van der Waals surface area (Å²) in [5.74, 6) is 0.701. The van der Waals surface area contributed by atoms with E-state index in [1.165, 1.54) is 0 Å². The van der Waals surface area contributed by atoms with Gasteiger partial charge in [0, 0.05) is 16.8 Å². The Kier molecular flexibility index (Phi) is 6.39. The van der Waals surface area contributed by atoms with Gasteiger partial charge in [-0.05, 0) is 86.2 Å². The normalized spacial score (nSPS) is 10.7. The van der Waals surface area contributed by atoms with Crippen LogP contribution in [0.5, 0.6) is 5.75 Å². The minimum Gasteiger partial charge on any atom is -0.492 e. The molecule has 0 fully saturated rings. The van der Waals surface area contributed by atoms with Gasteiger partial charge >= 0.3 is 0 Å². The zero-order chi connectivity index (χ0) is 22.7. The highest BCUT2D eigenvalue weighted by molar-refractivity contribution is 7.80. The number of anilines is 1. The number of nitrogens with zero attached hydrogens (tertiary/aromatic N) is 1. The lowest BCUT2D eigenvalue weighted by Gasteiger charge is -2.11. The molecule has 4 aromatic rings. The first-order valence-electron chi connectivity index (χ1n) is 9.95. The maximum absolute atomic E-state index is 12.5. The average molecular weight is 466 g/mol. The second kappa shape index (κ2) is 9.38. The lowest BCUT2D eigenvalue weighted by Crippen LogP contribution is -2.34. The zero-order valence-corrected chi connectivity index (χ0v) is 19.0. The summed E-state index contributed by atoms with van der Waals surface area (Å²) in [5.41, 5.74) is 4.62. The first-order valence-corrected chi connectivity index (χ1v) is 10.7. The molecule has 0 bridgehead atoms. The smallest absolute Gasteiger partial charge is 0.257 e. The first-order chi connectivity index (χ1) is 15.4. The number of oxazole rings is 1. The highest BCUT2D eigenvalue weighted by Gasteiger charge is 2.12. The molecule has 162 valence electrons. The van der Waals surface area contributed by atoms with Gasteiger partial charge in [-0.15, -0.1) is 0 Å². The highest BCUT2D eigenvalue weighted by atomic mass is 35.5. The van der Waals surface area contributed by atoms with Crippen LogP contribution in [0.2, 0.25) is 5.02 Å². The fraction of sp³-hybridized carbons (Fsp3) is 0.125. The number of ether oxygens (including phenoxy) is 1. The van der Waals surface area contributed by atoms with Gasteiger partial charge in [-0.3, -0.25) is 10.1 Å². The fourth-order valence-electron chi connectivity index (χ4n) is 3.11. The van der Waals surface area contributed by atoms with Crippen molar-refractivity contribution in [3.05, 3.63) is 76.8 Å². The molecule has 0 saturated heterocycles. The fourth-order valence-corrected chi connectivity index (χ4v) is 3.55. The number of benzene rings is 3. The van der Waals surface area contributed by atoms with E-state index in [0.29, 0.717) is 28.8 Å². The van der Waals surface area contributed by atoms with Gasteiger partial charge in [0.1, 0.15) is 11.3 Å². The molecule has 0 atom stereocenters. The van der Waals surface area contributed by atoms with Gasteiger partial charge in [-0.25, -0.2) is 4.98 Å². The average Bonchev–Trinajstić information content (AvgIpc) is 3.19. The number of carbonyl (C=O) groups is 1. The van der Waals surface area contributed by atoms with E-state index in [-0.39, 0.29) is 11.0 Å². The molecule has 0 radical (unpaired) electrons. The molecule has 0 unspecified atom stereocenters. The molecule has 32 heavy (non-hydrogen) atoms. The number of carbonyl (C=O) groups excluding carboxylic acids is 1. The predicted molar refractivity (Wildman–Crippen MR) is 130 cm³/mol. The minimum absolute atomic E-state index is 0.171. The van der Waals surface area contributed by atoms with Crippen LogP contribution in [-0.4, -0.2) is 22.6 Å². The number of fused-ring (bicyclic) bond motifs is 1. The monoisotopic (exact) mass is 465 g/mol. The van der Waals surface area contributed by atoms with E-state index >= 15 is 0 Å². The molecule has 4 rings (SSSR count). The topological polar surface area (TPSA) is 76.4 Å². The first kappa shape index (κ1) is 21.8. The molecule has 1 amide bonds. The number of hydrogen-bond donors (Lipinski definition) is 2. The van der Waals surface area contributed by atoms with E-state index in [0.717, 1.165) is 27.9 Å². The van der Waals surface area contributed by atoms with E-state index in [9.17, 15) is 4.79 Å². The van der Waals surface area contributed by atoms with E-state index < -0.39 is 0 Å². The van der Waals surface area contributed by atoms with Gasteiger partial charge in [0.05, 0.1) is 11.6 Å². The second-order valence-corrected chi connectivity index (χ2v) is 7.87. The van der Waals surface area contributed by atoms with Gasteiger partial charge in [-0.1, -0.05) is 17.7 Å². The molecule has 0 spiro atoms. The predicted octanol–water partition coefficient (Wildman–Crippen LogP) is 5.98. The Labute approximate surface area is 195 Å². The van der Waals surface area contributed by atoms with Gasteiger partial charge in [0.15, 0.2) is 10.7 Å². The number of thiocarbonyl (C=S) groups is 1. The standard InChI is InChI=1S/C24H20ClN3O3S/c1-3-30-20-11-7-16(13-18(20)25)22(29)28-24(32)26-17-8-5-15(6-9-17)23-27-19-12-14(2)4-10-21(19)31-23/h4-13H,3H2,1-2H3,(H2,26,28,29,32). The zero-order valence-electron chi connectivity index (χ0n) is 17.4. The molecule has 2 N–H and O–H groups in total. The largest absolute Gasteiger partial charge is 0.492 e. The number of amides is 1. The number of hydrogen-bond acceptors (Lipinski definition) is 5. The van der Waals surface area contributed by atoms with Crippen molar-refractivity contribution >= 4 is 51.6 Å². The maximum Gasteiger partial charge on any atom is 0.257 e. The molecule has 1 heterocycles. The second-order valence-electron chi connectivity index (χ2n) is 7.05. The quantitative estimate of drug-likeness (QED) is 0.353. The Morgan fingerprint density at radius 1 is 1.12 bits per heavy atom.